The number of hydrogen-bond acceptors (Lipinski definition) is 2. The van der Waals surface area contributed by atoms with E-state index in [9.17, 15) is 4.79 Å². The Bertz CT molecular complexity index is 662. The van der Waals surface area contributed by atoms with Crippen LogP contribution in [0.15, 0.2) is 35.1 Å². The quantitative estimate of drug-likeness (QED) is 0.625. The number of nitrogens with two attached hydrogens (primary N) is 2. The van der Waals surface area contributed by atoms with E-state index >= 15 is 0 Å². The van der Waals surface area contributed by atoms with Crippen LogP contribution in [0, 0.1) is 0 Å². The molecular formula is C12H14ClN4OS+. The van der Waals surface area contributed by atoms with Gasteiger partial charge < -0.3 is 0 Å². The van der Waals surface area contributed by atoms with Crippen LogP contribution < -0.4 is 16.7 Å². The first-order valence-electron chi connectivity index (χ1n) is 5.55. The topological polar surface area (TPSA) is 78.5 Å². The van der Waals surface area contributed by atoms with Crippen molar-refractivity contribution < 1.29 is 5.41 Å². The van der Waals surface area contributed by atoms with Crippen molar-refractivity contribution in [3.8, 4) is 5.69 Å². The zero-order valence-electron chi connectivity index (χ0n) is 10.3. The summed E-state index contributed by atoms with van der Waals surface area (Å²) in [4.78, 5) is 12.2. The molecule has 0 aliphatic heterocycles. The molecular weight excluding hydrogens is 284 g/mol. The highest BCUT2D eigenvalue weighted by Crippen LogP contribution is 2.19. The number of hydrogen-bond donors (Lipinski definition) is 2. The molecule has 0 spiro atoms. The molecule has 1 aromatic carbocycles. The standard InChI is InChI=1S/C12H13ClN4OS/c1-16-9(7-19-12(14)15)10(13)11(18)17(16)8-5-3-2-4-6-8/h2-6H,7H2,1H3,(H3,14,15)/p+1. The molecule has 0 fully saturated rings. The first kappa shape index (κ1) is 13.8. The summed E-state index contributed by atoms with van der Waals surface area (Å²) in [5.41, 5.74) is 6.62. The van der Waals surface area contributed by atoms with E-state index in [1.165, 1.54) is 16.4 Å². The minimum absolute atomic E-state index is 0.195. The van der Waals surface area contributed by atoms with Crippen LogP contribution in [-0.4, -0.2) is 14.5 Å². The lowest BCUT2D eigenvalue weighted by Crippen LogP contribution is -2.43. The van der Waals surface area contributed by atoms with Crippen molar-refractivity contribution in [3.05, 3.63) is 51.4 Å². The zero-order chi connectivity index (χ0) is 14.0. The molecule has 19 heavy (non-hydrogen) atoms. The Morgan fingerprint density at radius 3 is 2.63 bits per heavy atom. The van der Waals surface area contributed by atoms with Gasteiger partial charge in [-0.25, -0.2) is 4.68 Å². The van der Waals surface area contributed by atoms with Gasteiger partial charge in [-0.3, -0.25) is 20.6 Å². The molecule has 0 bridgehead atoms. The maximum absolute atomic E-state index is 12.2. The maximum Gasteiger partial charge on any atom is 0.300 e. The van der Waals surface area contributed by atoms with Gasteiger partial charge in [-0.1, -0.05) is 29.8 Å². The lowest BCUT2D eigenvalue weighted by atomic mass is 10.3. The van der Waals surface area contributed by atoms with Crippen LogP contribution in [-0.2, 0) is 12.8 Å². The fourth-order valence-corrected chi connectivity index (χ4v) is 2.77. The van der Waals surface area contributed by atoms with Crippen molar-refractivity contribution in [2.75, 3.05) is 0 Å². The van der Waals surface area contributed by atoms with Gasteiger partial charge in [0.05, 0.1) is 11.4 Å². The predicted molar refractivity (Wildman–Crippen MR) is 78.4 cm³/mol. The van der Waals surface area contributed by atoms with Crippen LogP contribution in [0.3, 0.4) is 0 Å². The second kappa shape index (κ2) is 5.54. The molecule has 0 radical (unpaired) electrons. The van der Waals surface area contributed by atoms with Crippen molar-refractivity contribution in [3.63, 3.8) is 0 Å². The van der Waals surface area contributed by atoms with Crippen molar-refractivity contribution >= 4 is 28.5 Å². The van der Waals surface area contributed by atoms with Gasteiger partial charge in [-0.2, -0.15) is 0 Å². The van der Waals surface area contributed by atoms with E-state index in [0.717, 1.165) is 5.69 Å². The summed E-state index contributed by atoms with van der Waals surface area (Å²) in [6.45, 7) is 0. The van der Waals surface area contributed by atoms with Crippen LogP contribution in [0.25, 0.3) is 5.69 Å². The van der Waals surface area contributed by atoms with Gasteiger partial charge in [0.15, 0.2) is 0 Å². The molecule has 2 rings (SSSR count). The summed E-state index contributed by atoms with van der Waals surface area (Å²) in [7, 11) is 1.78. The molecule has 0 atom stereocenters. The SMILES string of the molecule is Cn1c(CSC(N)=[NH2+])c(Cl)c(=O)n1-c1ccccc1. The summed E-state index contributed by atoms with van der Waals surface area (Å²) in [5, 5.41) is 5.86. The molecule has 7 heteroatoms. The number of nitrogens with zero attached hydrogens (tertiary/aromatic N) is 2. The Kier molecular flexibility index (Phi) is 4.01. The van der Waals surface area contributed by atoms with Crippen molar-refractivity contribution in [2.45, 2.75) is 5.75 Å². The molecule has 5 nitrogen and oxygen atoms in total. The van der Waals surface area contributed by atoms with Crippen LogP contribution in [0.5, 0.6) is 0 Å². The van der Waals surface area contributed by atoms with Gasteiger partial charge in [-0.05, 0) is 23.9 Å². The number of para-hydroxylation sites is 1. The number of thioether (sulfide) groups is 1. The Morgan fingerprint density at radius 1 is 1.42 bits per heavy atom. The first-order chi connectivity index (χ1) is 9.02. The van der Waals surface area contributed by atoms with Gasteiger partial charge >= 0.3 is 0 Å². The minimum Gasteiger partial charge on any atom is -0.283 e. The summed E-state index contributed by atoms with van der Waals surface area (Å²) < 4.78 is 3.24. The third-order valence-corrected chi connectivity index (χ3v) is 3.83. The molecule has 0 saturated carbocycles. The number of rotatable bonds is 3. The molecule has 0 aliphatic rings. The minimum atomic E-state index is -0.249. The highest BCUT2D eigenvalue weighted by Gasteiger charge is 2.17. The lowest BCUT2D eigenvalue weighted by Gasteiger charge is -2.08. The largest absolute Gasteiger partial charge is 0.300 e. The molecule has 2 aromatic rings. The van der Waals surface area contributed by atoms with Crippen molar-refractivity contribution in [1.82, 2.24) is 9.36 Å². The van der Waals surface area contributed by atoms with Crippen LogP contribution in [0.1, 0.15) is 5.69 Å². The van der Waals surface area contributed by atoms with Gasteiger partial charge in [0.2, 0.25) is 0 Å². The Balaban J connectivity index is 2.50. The molecule has 1 heterocycles. The number of halogens is 1. The molecule has 100 valence electrons. The summed E-state index contributed by atoms with van der Waals surface area (Å²) >= 11 is 7.34. The van der Waals surface area contributed by atoms with Crippen LogP contribution in [0.4, 0.5) is 0 Å². The summed E-state index contributed by atoms with van der Waals surface area (Å²) in [6.07, 6.45) is 0. The van der Waals surface area contributed by atoms with Crippen molar-refractivity contribution in [1.29, 1.82) is 0 Å². The monoisotopic (exact) mass is 297 g/mol. The van der Waals surface area contributed by atoms with E-state index < -0.39 is 0 Å². The molecule has 0 amide bonds. The number of aromatic nitrogens is 2. The van der Waals surface area contributed by atoms with Gasteiger partial charge in [0, 0.05) is 12.8 Å². The van der Waals surface area contributed by atoms with E-state index in [1.807, 2.05) is 30.3 Å². The van der Waals surface area contributed by atoms with E-state index in [4.69, 9.17) is 22.7 Å². The molecule has 1 aromatic heterocycles. The lowest BCUT2D eigenvalue weighted by molar-refractivity contribution is -0.110. The first-order valence-corrected chi connectivity index (χ1v) is 6.91. The Labute approximate surface area is 119 Å². The second-order valence-corrected chi connectivity index (χ2v) is 5.35. The van der Waals surface area contributed by atoms with Gasteiger partial charge in [0.25, 0.3) is 10.7 Å². The molecule has 0 aliphatic carbocycles. The highest BCUT2D eigenvalue weighted by molar-refractivity contribution is 8.12. The Morgan fingerprint density at radius 2 is 2.05 bits per heavy atom. The van der Waals surface area contributed by atoms with Gasteiger partial charge in [-0.15, -0.1) is 0 Å². The highest BCUT2D eigenvalue weighted by atomic mass is 35.5. The number of benzene rings is 1. The molecule has 0 saturated heterocycles. The normalized spacial score (nSPS) is 10.6. The third-order valence-electron chi connectivity index (χ3n) is 2.70. The third kappa shape index (κ3) is 2.69. The average Bonchev–Trinajstić information content (AvgIpc) is 2.59. The number of amidine groups is 1. The van der Waals surface area contributed by atoms with E-state index in [0.29, 0.717) is 11.4 Å². The maximum atomic E-state index is 12.2. The smallest absolute Gasteiger partial charge is 0.283 e. The van der Waals surface area contributed by atoms with E-state index in [1.54, 1.807) is 11.7 Å². The van der Waals surface area contributed by atoms with E-state index in [-0.39, 0.29) is 15.7 Å². The molecule has 4 N–H and O–H groups in total. The van der Waals surface area contributed by atoms with Gasteiger partial charge in [0.1, 0.15) is 5.02 Å². The van der Waals surface area contributed by atoms with Crippen LogP contribution >= 0.6 is 23.4 Å². The Hall–Kier alpha value is -1.66. The van der Waals surface area contributed by atoms with Crippen LogP contribution in [0.2, 0.25) is 5.02 Å². The summed E-state index contributed by atoms with van der Waals surface area (Å²) in [5.74, 6) is 0.451. The zero-order valence-corrected chi connectivity index (χ0v) is 11.9. The average molecular weight is 298 g/mol. The molecule has 0 unspecified atom stereocenters. The predicted octanol–water partition coefficient (Wildman–Crippen LogP) is 0.136. The fourth-order valence-electron chi connectivity index (χ4n) is 1.78. The second-order valence-electron chi connectivity index (χ2n) is 3.93. The van der Waals surface area contributed by atoms with E-state index in [2.05, 4.69) is 0 Å². The fraction of sp³-hybridized carbons (Fsp3) is 0.167. The van der Waals surface area contributed by atoms with Crippen molar-refractivity contribution in [2.24, 2.45) is 12.8 Å². The summed E-state index contributed by atoms with van der Waals surface area (Å²) in [6, 6.07) is 9.31.